The van der Waals surface area contributed by atoms with Gasteiger partial charge in [-0.15, -0.1) is 0 Å². The highest BCUT2D eigenvalue weighted by atomic mass is 19.4. The maximum absolute atomic E-state index is 12.2. The van der Waals surface area contributed by atoms with Crippen molar-refractivity contribution >= 4 is 11.9 Å². The number of hydrogen-bond acceptors (Lipinski definition) is 4. The lowest BCUT2D eigenvalue weighted by Crippen LogP contribution is -2.28. The second-order valence-corrected chi connectivity index (χ2v) is 5.96. The summed E-state index contributed by atoms with van der Waals surface area (Å²) in [5.74, 6) is -1.88. The fourth-order valence-corrected chi connectivity index (χ4v) is 2.68. The number of fused-ring (bicyclic) bond motifs is 1. The first-order valence-corrected chi connectivity index (χ1v) is 8.32. The van der Waals surface area contributed by atoms with Crippen LogP contribution in [0.2, 0.25) is 0 Å². The van der Waals surface area contributed by atoms with E-state index in [1.165, 1.54) is 6.42 Å². The van der Waals surface area contributed by atoms with E-state index < -0.39 is 12.1 Å². The molecule has 0 fully saturated rings. The molecule has 2 aromatic rings. The lowest BCUT2D eigenvalue weighted by Gasteiger charge is -2.11. The number of imidazole rings is 1. The Morgan fingerprint density at radius 3 is 2.59 bits per heavy atom. The predicted octanol–water partition coefficient (Wildman–Crippen LogP) is 1.86. The van der Waals surface area contributed by atoms with Crippen LogP contribution >= 0.6 is 0 Å². The second-order valence-electron chi connectivity index (χ2n) is 5.96. The van der Waals surface area contributed by atoms with E-state index in [1.807, 2.05) is 17.7 Å². The van der Waals surface area contributed by atoms with Crippen LogP contribution in [0.5, 0.6) is 0 Å². The number of carboxylic acid groups (broad SMARTS) is 1. The highest BCUT2D eigenvalue weighted by Crippen LogP contribution is 2.21. The predicted molar refractivity (Wildman–Crippen MR) is 88.2 cm³/mol. The van der Waals surface area contributed by atoms with Gasteiger partial charge in [-0.05, 0) is 32.6 Å². The molecule has 27 heavy (non-hydrogen) atoms. The number of carbonyl (C=O) groups excluding carboxylic acids is 1. The van der Waals surface area contributed by atoms with Crippen molar-refractivity contribution in [3.63, 3.8) is 0 Å². The number of halogens is 3. The third-order valence-electron chi connectivity index (χ3n) is 4.08. The van der Waals surface area contributed by atoms with Crippen LogP contribution < -0.4 is 5.32 Å². The Bertz CT molecular complexity index is 798. The highest BCUT2D eigenvalue weighted by Gasteiger charge is 2.38. The molecule has 148 valence electrons. The van der Waals surface area contributed by atoms with Crippen LogP contribution in [0.15, 0.2) is 12.4 Å². The Balaban J connectivity index is 0.000000321. The molecule has 1 aliphatic rings. The standard InChI is InChI=1S/C14H19N5O.C2HF3O2/c1-10-15-6-8-19(10)9-7-16-14(20)13-11-4-2-3-5-12(11)17-18-13;3-2(4,5)1(6)7/h6,8H,2-5,7,9H2,1H3,(H,16,20)(H,17,18);(H,6,7). The molecule has 2 aromatic heterocycles. The molecule has 0 radical (unpaired) electrons. The number of amides is 1. The fraction of sp³-hybridized carbons (Fsp3) is 0.500. The molecule has 8 nitrogen and oxygen atoms in total. The minimum Gasteiger partial charge on any atom is -0.475 e. The highest BCUT2D eigenvalue weighted by molar-refractivity contribution is 5.94. The first-order chi connectivity index (χ1) is 12.7. The quantitative estimate of drug-likeness (QED) is 0.741. The molecule has 1 amide bonds. The van der Waals surface area contributed by atoms with Crippen LogP contribution in [-0.4, -0.2) is 49.5 Å². The zero-order valence-electron chi connectivity index (χ0n) is 14.6. The summed E-state index contributed by atoms with van der Waals surface area (Å²) in [4.78, 5) is 25.2. The molecular formula is C16H20F3N5O3. The molecule has 0 bridgehead atoms. The maximum atomic E-state index is 12.2. The monoisotopic (exact) mass is 387 g/mol. The van der Waals surface area contributed by atoms with Crippen molar-refractivity contribution < 1.29 is 27.9 Å². The normalized spacial score (nSPS) is 13.3. The van der Waals surface area contributed by atoms with Crippen molar-refractivity contribution in [2.24, 2.45) is 0 Å². The molecule has 0 spiro atoms. The van der Waals surface area contributed by atoms with Gasteiger partial charge in [-0.2, -0.15) is 18.3 Å². The smallest absolute Gasteiger partial charge is 0.475 e. The van der Waals surface area contributed by atoms with Gasteiger partial charge in [-0.1, -0.05) is 0 Å². The van der Waals surface area contributed by atoms with Gasteiger partial charge < -0.3 is 15.0 Å². The average molecular weight is 387 g/mol. The summed E-state index contributed by atoms with van der Waals surface area (Å²) in [5.41, 5.74) is 2.81. The molecule has 0 unspecified atom stereocenters. The Morgan fingerprint density at radius 2 is 2.00 bits per heavy atom. The molecule has 0 atom stereocenters. The van der Waals surface area contributed by atoms with E-state index in [4.69, 9.17) is 9.90 Å². The fourth-order valence-electron chi connectivity index (χ4n) is 2.68. The van der Waals surface area contributed by atoms with E-state index in [9.17, 15) is 18.0 Å². The van der Waals surface area contributed by atoms with Gasteiger partial charge in [-0.25, -0.2) is 9.78 Å². The van der Waals surface area contributed by atoms with Gasteiger partial charge in [-0.3, -0.25) is 9.89 Å². The summed E-state index contributed by atoms with van der Waals surface area (Å²) in [6.07, 6.45) is 2.87. The van der Waals surface area contributed by atoms with Crippen molar-refractivity contribution in [2.45, 2.75) is 45.3 Å². The van der Waals surface area contributed by atoms with Crippen LogP contribution in [0.1, 0.15) is 40.4 Å². The summed E-state index contributed by atoms with van der Waals surface area (Å²) in [7, 11) is 0. The van der Waals surface area contributed by atoms with E-state index in [2.05, 4.69) is 20.5 Å². The van der Waals surface area contributed by atoms with Crippen molar-refractivity contribution in [3.05, 3.63) is 35.2 Å². The Labute approximate surface area is 152 Å². The third kappa shape index (κ3) is 5.56. The number of nitrogens with zero attached hydrogens (tertiary/aromatic N) is 3. The van der Waals surface area contributed by atoms with Gasteiger partial charge in [0.05, 0.1) is 0 Å². The SMILES string of the molecule is Cc1nccn1CCNC(=O)c1n[nH]c2c1CCCC2.O=C(O)C(F)(F)F. The number of hydrogen-bond donors (Lipinski definition) is 3. The van der Waals surface area contributed by atoms with Crippen molar-refractivity contribution in [1.29, 1.82) is 0 Å². The number of carboxylic acids is 1. The lowest BCUT2D eigenvalue weighted by molar-refractivity contribution is -0.192. The van der Waals surface area contributed by atoms with E-state index in [1.54, 1.807) is 6.20 Å². The molecule has 0 aromatic carbocycles. The number of aromatic nitrogens is 4. The largest absolute Gasteiger partial charge is 0.490 e. The maximum Gasteiger partial charge on any atom is 0.490 e. The third-order valence-corrected chi connectivity index (χ3v) is 4.08. The van der Waals surface area contributed by atoms with Gasteiger partial charge in [0.25, 0.3) is 5.91 Å². The Hall–Kier alpha value is -2.85. The zero-order chi connectivity index (χ0) is 20.0. The zero-order valence-corrected chi connectivity index (χ0v) is 14.6. The molecule has 0 saturated carbocycles. The molecule has 3 N–H and O–H groups in total. The summed E-state index contributed by atoms with van der Waals surface area (Å²) in [6, 6.07) is 0. The van der Waals surface area contributed by atoms with Crippen LogP contribution in [0.25, 0.3) is 0 Å². The van der Waals surface area contributed by atoms with Crippen LogP contribution in [0.3, 0.4) is 0 Å². The van der Waals surface area contributed by atoms with Crippen molar-refractivity contribution in [2.75, 3.05) is 6.54 Å². The van der Waals surface area contributed by atoms with E-state index in [0.717, 1.165) is 42.9 Å². The first-order valence-electron chi connectivity index (χ1n) is 8.32. The molecular weight excluding hydrogens is 367 g/mol. The molecule has 11 heteroatoms. The van der Waals surface area contributed by atoms with Gasteiger partial charge in [0, 0.05) is 36.7 Å². The number of rotatable bonds is 4. The van der Waals surface area contributed by atoms with Gasteiger partial charge >= 0.3 is 12.1 Å². The molecule has 1 aliphatic carbocycles. The summed E-state index contributed by atoms with van der Waals surface area (Å²) in [6.45, 7) is 3.26. The van der Waals surface area contributed by atoms with E-state index >= 15 is 0 Å². The number of carbonyl (C=O) groups is 2. The summed E-state index contributed by atoms with van der Waals surface area (Å²) in [5, 5.41) is 17.2. The lowest BCUT2D eigenvalue weighted by atomic mass is 9.96. The number of aromatic amines is 1. The molecule has 3 rings (SSSR count). The minimum atomic E-state index is -5.08. The summed E-state index contributed by atoms with van der Waals surface area (Å²) >= 11 is 0. The minimum absolute atomic E-state index is 0.0813. The Kier molecular flexibility index (Phi) is 6.59. The first kappa shape index (κ1) is 20.5. The van der Waals surface area contributed by atoms with Gasteiger partial charge in [0.15, 0.2) is 5.69 Å². The number of nitrogens with one attached hydrogen (secondary N) is 2. The van der Waals surface area contributed by atoms with Crippen molar-refractivity contribution in [1.82, 2.24) is 25.1 Å². The van der Waals surface area contributed by atoms with E-state index in [0.29, 0.717) is 12.2 Å². The molecule has 0 saturated heterocycles. The number of alkyl halides is 3. The van der Waals surface area contributed by atoms with Crippen LogP contribution in [0, 0.1) is 6.92 Å². The van der Waals surface area contributed by atoms with Crippen LogP contribution in [-0.2, 0) is 24.2 Å². The van der Waals surface area contributed by atoms with Gasteiger partial charge in [0.2, 0.25) is 0 Å². The van der Waals surface area contributed by atoms with Crippen LogP contribution in [0.4, 0.5) is 13.2 Å². The van der Waals surface area contributed by atoms with E-state index in [-0.39, 0.29) is 5.91 Å². The summed E-state index contributed by atoms with van der Waals surface area (Å²) < 4.78 is 33.8. The molecule has 0 aliphatic heterocycles. The van der Waals surface area contributed by atoms with Crippen molar-refractivity contribution in [3.8, 4) is 0 Å². The number of aryl methyl sites for hydroxylation is 2. The number of H-pyrrole nitrogens is 1. The second kappa shape index (κ2) is 8.69. The average Bonchev–Trinajstić information content (AvgIpc) is 3.21. The molecule has 2 heterocycles. The van der Waals surface area contributed by atoms with Gasteiger partial charge in [0.1, 0.15) is 5.82 Å². The number of aliphatic carboxylic acids is 1. The topological polar surface area (TPSA) is 113 Å². The Morgan fingerprint density at radius 1 is 1.33 bits per heavy atom.